The molecule has 1 heterocycles. The van der Waals surface area contributed by atoms with Crippen molar-refractivity contribution in [3.63, 3.8) is 0 Å². The molecule has 0 unspecified atom stereocenters. The second kappa shape index (κ2) is 7.96. The number of nitrogens with one attached hydrogen (secondary N) is 1. The van der Waals surface area contributed by atoms with Gasteiger partial charge in [-0.25, -0.2) is 4.39 Å². The molecule has 1 aromatic heterocycles. The molecule has 0 amide bonds. The van der Waals surface area contributed by atoms with Crippen LogP contribution in [0.1, 0.15) is 24.5 Å². The Balaban J connectivity index is 1.96. The van der Waals surface area contributed by atoms with Crippen molar-refractivity contribution >= 4 is 11.6 Å². The van der Waals surface area contributed by atoms with Gasteiger partial charge >= 0.3 is 0 Å². The molecule has 3 nitrogen and oxygen atoms in total. The van der Waals surface area contributed by atoms with Crippen molar-refractivity contribution in [3.05, 3.63) is 58.6 Å². The predicted octanol–water partition coefficient (Wildman–Crippen LogP) is 3.95. The highest BCUT2D eigenvalue weighted by Crippen LogP contribution is 2.21. The van der Waals surface area contributed by atoms with Crippen LogP contribution in [0.4, 0.5) is 4.39 Å². The molecule has 0 spiro atoms. The first-order valence-electron chi connectivity index (χ1n) is 6.91. The molecule has 0 saturated carbocycles. The van der Waals surface area contributed by atoms with E-state index in [0.717, 1.165) is 24.1 Å². The normalized spacial score (nSPS) is 10.6. The lowest BCUT2D eigenvalue weighted by molar-refractivity contribution is 0.290. The Morgan fingerprint density at radius 2 is 2.19 bits per heavy atom. The van der Waals surface area contributed by atoms with Gasteiger partial charge in [0.15, 0.2) is 11.6 Å². The van der Waals surface area contributed by atoms with Gasteiger partial charge in [0.1, 0.15) is 6.61 Å². The Morgan fingerprint density at radius 1 is 1.33 bits per heavy atom. The van der Waals surface area contributed by atoms with E-state index in [4.69, 9.17) is 16.3 Å². The minimum absolute atomic E-state index is 0.214. The van der Waals surface area contributed by atoms with Gasteiger partial charge in [0.25, 0.3) is 0 Å². The molecule has 0 saturated heterocycles. The van der Waals surface area contributed by atoms with Gasteiger partial charge in [-0.1, -0.05) is 24.6 Å². The quantitative estimate of drug-likeness (QED) is 0.786. The van der Waals surface area contributed by atoms with Crippen molar-refractivity contribution in [3.8, 4) is 5.75 Å². The zero-order valence-corrected chi connectivity index (χ0v) is 12.7. The van der Waals surface area contributed by atoms with Crippen LogP contribution >= 0.6 is 11.6 Å². The van der Waals surface area contributed by atoms with E-state index < -0.39 is 0 Å². The van der Waals surface area contributed by atoms with Crippen LogP contribution in [0.15, 0.2) is 36.7 Å². The topological polar surface area (TPSA) is 34.1 Å². The Hall–Kier alpha value is -1.65. The molecule has 0 bridgehead atoms. The lowest BCUT2D eigenvalue weighted by Gasteiger charge is -2.10. The SMILES string of the molecule is CCCNCc1ccc(OCc2ccncc2Cl)c(F)c1. The van der Waals surface area contributed by atoms with Gasteiger partial charge in [-0.2, -0.15) is 0 Å². The van der Waals surface area contributed by atoms with Crippen molar-refractivity contribution in [1.82, 2.24) is 10.3 Å². The Bertz CT molecular complexity index is 592. The van der Waals surface area contributed by atoms with Crippen LogP contribution in [0.3, 0.4) is 0 Å². The van der Waals surface area contributed by atoms with E-state index >= 15 is 0 Å². The largest absolute Gasteiger partial charge is 0.486 e. The number of pyridine rings is 1. The average Bonchev–Trinajstić information content (AvgIpc) is 2.48. The summed E-state index contributed by atoms with van der Waals surface area (Å²) in [6.45, 7) is 3.88. The summed E-state index contributed by atoms with van der Waals surface area (Å²) in [5, 5.41) is 3.74. The maximum atomic E-state index is 14.0. The highest BCUT2D eigenvalue weighted by Gasteiger charge is 2.07. The molecular formula is C16H18ClFN2O. The average molecular weight is 309 g/mol. The summed E-state index contributed by atoms with van der Waals surface area (Å²) in [5.41, 5.74) is 1.68. The molecule has 0 aliphatic rings. The number of hydrogen-bond donors (Lipinski definition) is 1. The molecule has 0 aliphatic carbocycles. The molecule has 0 radical (unpaired) electrons. The van der Waals surface area contributed by atoms with Crippen LogP contribution in [0.2, 0.25) is 5.02 Å². The summed E-state index contributed by atoms with van der Waals surface area (Å²) in [6.07, 6.45) is 4.22. The zero-order valence-electron chi connectivity index (χ0n) is 11.9. The van der Waals surface area contributed by atoms with Gasteiger partial charge in [-0.05, 0) is 36.7 Å². The van der Waals surface area contributed by atoms with Gasteiger partial charge in [0.2, 0.25) is 0 Å². The molecule has 0 atom stereocenters. The first kappa shape index (κ1) is 15.7. The fraction of sp³-hybridized carbons (Fsp3) is 0.312. The van der Waals surface area contributed by atoms with E-state index in [2.05, 4.69) is 17.2 Å². The number of nitrogens with zero attached hydrogens (tertiary/aromatic N) is 1. The van der Waals surface area contributed by atoms with Crippen molar-refractivity contribution in [2.75, 3.05) is 6.54 Å². The Morgan fingerprint density at radius 3 is 2.90 bits per heavy atom. The van der Waals surface area contributed by atoms with E-state index in [9.17, 15) is 4.39 Å². The molecular weight excluding hydrogens is 291 g/mol. The molecule has 112 valence electrons. The number of halogens is 2. The number of ether oxygens (including phenoxy) is 1. The fourth-order valence-corrected chi connectivity index (χ4v) is 2.03. The number of aromatic nitrogens is 1. The van der Waals surface area contributed by atoms with Crippen LogP contribution < -0.4 is 10.1 Å². The third-order valence-corrected chi connectivity index (χ3v) is 3.33. The maximum Gasteiger partial charge on any atom is 0.165 e. The molecule has 5 heteroatoms. The van der Waals surface area contributed by atoms with Gasteiger partial charge < -0.3 is 10.1 Å². The van der Waals surface area contributed by atoms with Crippen molar-refractivity contribution in [1.29, 1.82) is 0 Å². The van der Waals surface area contributed by atoms with Crippen LogP contribution in [0.5, 0.6) is 5.75 Å². The third kappa shape index (κ3) is 4.69. The lowest BCUT2D eigenvalue weighted by Crippen LogP contribution is -2.13. The molecule has 0 aliphatic heterocycles. The third-order valence-electron chi connectivity index (χ3n) is 2.99. The summed E-state index contributed by atoms with van der Waals surface area (Å²) in [7, 11) is 0. The first-order valence-corrected chi connectivity index (χ1v) is 7.29. The second-order valence-electron chi connectivity index (χ2n) is 4.70. The number of benzene rings is 1. The Labute approximate surface area is 129 Å². The summed E-state index contributed by atoms with van der Waals surface area (Å²) in [5.74, 6) is -0.141. The highest BCUT2D eigenvalue weighted by molar-refractivity contribution is 6.31. The van der Waals surface area contributed by atoms with Gasteiger partial charge in [-0.15, -0.1) is 0 Å². The smallest absolute Gasteiger partial charge is 0.165 e. The molecule has 0 fully saturated rings. The van der Waals surface area contributed by atoms with Crippen LogP contribution in [-0.4, -0.2) is 11.5 Å². The monoisotopic (exact) mass is 308 g/mol. The molecule has 2 rings (SSSR count). The molecule has 1 N–H and O–H groups in total. The number of rotatable bonds is 7. The van der Waals surface area contributed by atoms with E-state index in [0.29, 0.717) is 11.6 Å². The molecule has 21 heavy (non-hydrogen) atoms. The minimum atomic E-state index is -0.365. The van der Waals surface area contributed by atoms with E-state index in [-0.39, 0.29) is 18.2 Å². The summed E-state index contributed by atoms with van der Waals surface area (Å²) in [4.78, 5) is 3.90. The van der Waals surface area contributed by atoms with Gasteiger partial charge in [0, 0.05) is 24.5 Å². The summed E-state index contributed by atoms with van der Waals surface area (Å²) >= 11 is 5.98. The molecule has 2 aromatic rings. The summed E-state index contributed by atoms with van der Waals surface area (Å²) in [6, 6.07) is 6.75. The first-order chi connectivity index (χ1) is 10.2. The standard InChI is InChI=1S/C16H18ClFN2O/c1-2-6-19-9-12-3-4-16(15(18)8-12)21-11-13-5-7-20-10-14(13)17/h3-5,7-8,10,19H,2,6,9,11H2,1H3. The zero-order chi connectivity index (χ0) is 15.1. The summed E-state index contributed by atoms with van der Waals surface area (Å²) < 4.78 is 19.4. The van der Waals surface area contributed by atoms with E-state index in [1.54, 1.807) is 24.5 Å². The molecule has 1 aromatic carbocycles. The van der Waals surface area contributed by atoms with Crippen molar-refractivity contribution in [2.24, 2.45) is 0 Å². The highest BCUT2D eigenvalue weighted by atomic mass is 35.5. The van der Waals surface area contributed by atoms with Gasteiger partial charge in [-0.3, -0.25) is 4.98 Å². The van der Waals surface area contributed by atoms with Crippen LogP contribution in [-0.2, 0) is 13.2 Å². The predicted molar refractivity (Wildman–Crippen MR) is 82.0 cm³/mol. The minimum Gasteiger partial charge on any atom is -0.486 e. The lowest BCUT2D eigenvalue weighted by atomic mass is 10.2. The van der Waals surface area contributed by atoms with Crippen LogP contribution in [0.25, 0.3) is 0 Å². The second-order valence-corrected chi connectivity index (χ2v) is 5.10. The maximum absolute atomic E-state index is 14.0. The fourth-order valence-electron chi connectivity index (χ4n) is 1.86. The van der Waals surface area contributed by atoms with Crippen LogP contribution in [0, 0.1) is 5.82 Å². The number of hydrogen-bond acceptors (Lipinski definition) is 3. The van der Waals surface area contributed by atoms with Crippen molar-refractivity contribution < 1.29 is 9.13 Å². The Kier molecular flexibility index (Phi) is 5.96. The van der Waals surface area contributed by atoms with Gasteiger partial charge in [0.05, 0.1) is 5.02 Å². The van der Waals surface area contributed by atoms with Crippen molar-refractivity contribution in [2.45, 2.75) is 26.5 Å². The van der Waals surface area contributed by atoms with E-state index in [1.165, 1.54) is 6.07 Å². The van der Waals surface area contributed by atoms with E-state index in [1.807, 2.05) is 6.07 Å².